The van der Waals surface area contributed by atoms with Gasteiger partial charge in [-0.1, -0.05) is 25.2 Å². The molecule has 0 saturated carbocycles. The highest BCUT2D eigenvalue weighted by Crippen LogP contribution is 2.11. The summed E-state index contributed by atoms with van der Waals surface area (Å²) >= 11 is 0. The Morgan fingerprint density at radius 3 is 2.53 bits per heavy atom. The Balaban J connectivity index is 0. The van der Waals surface area contributed by atoms with Crippen LogP contribution in [0.5, 0.6) is 0 Å². The maximum atomic E-state index is 5.64. The van der Waals surface area contributed by atoms with Gasteiger partial charge < -0.3 is 16.2 Å². The number of ether oxygens (including phenoxy) is 1. The van der Waals surface area contributed by atoms with Gasteiger partial charge >= 0.3 is 0 Å². The summed E-state index contributed by atoms with van der Waals surface area (Å²) in [7, 11) is 0. The fourth-order valence-electron chi connectivity index (χ4n) is 1.20. The maximum Gasteiger partial charge on any atom is 0.0813 e. The summed E-state index contributed by atoms with van der Waals surface area (Å²) in [6.45, 7) is 9.15. The van der Waals surface area contributed by atoms with Crippen LogP contribution in [0.1, 0.15) is 21.7 Å². The van der Waals surface area contributed by atoms with E-state index in [-0.39, 0.29) is 13.6 Å². The summed E-state index contributed by atoms with van der Waals surface area (Å²) < 4.78 is 5.64. The van der Waals surface area contributed by atoms with E-state index in [1.54, 1.807) is 0 Å². The van der Waals surface area contributed by atoms with Crippen LogP contribution in [0.2, 0.25) is 0 Å². The highest BCUT2D eigenvalue weighted by atomic mass is 16.5. The zero-order chi connectivity index (χ0) is 11.7. The summed E-state index contributed by atoms with van der Waals surface area (Å²) in [5, 5.41) is 0. The number of nitrogens with two attached hydrogens (primary N) is 2. The number of hydrogen-bond acceptors (Lipinski definition) is 3. The second-order valence-corrected chi connectivity index (χ2v) is 3.82. The fourth-order valence-corrected chi connectivity index (χ4v) is 1.20. The van der Waals surface area contributed by atoms with Crippen LogP contribution in [-0.2, 0) is 4.74 Å². The Hall–Kier alpha value is -0.640. The molecule has 3 unspecified atom stereocenters. The summed E-state index contributed by atoms with van der Waals surface area (Å²) in [6.07, 6.45) is 6.81. The predicted octanol–water partition coefficient (Wildman–Crippen LogP) is 1.69. The van der Waals surface area contributed by atoms with E-state index in [1.165, 1.54) is 0 Å². The molecular formula is C12H26N2O. The van der Waals surface area contributed by atoms with Gasteiger partial charge in [-0.3, -0.25) is 0 Å². The highest BCUT2D eigenvalue weighted by molar-refractivity contribution is 4.99. The van der Waals surface area contributed by atoms with Crippen molar-refractivity contribution in [1.82, 2.24) is 0 Å². The molecule has 90 valence electrons. The molecule has 0 amide bonds. The third kappa shape index (κ3) is 7.31. The van der Waals surface area contributed by atoms with Gasteiger partial charge in [0.2, 0.25) is 0 Å². The van der Waals surface area contributed by atoms with Crippen LogP contribution in [0, 0.1) is 5.92 Å². The lowest BCUT2D eigenvalue weighted by atomic mass is 10.0. The summed E-state index contributed by atoms with van der Waals surface area (Å²) in [4.78, 5) is 0. The summed E-state index contributed by atoms with van der Waals surface area (Å²) in [5.74, 6) is 0.297. The van der Waals surface area contributed by atoms with Crippen molar-refractivity contribution >= 4 is 0 Å². The molecule has 0 aromatic carbocycles. The Kier molecular flexibility index (Phi) is 8.28. The van der Waals surface area contributed by atoms with E-state index in [9.17, 15) is 0 Å². The third-order valence-electron chi connectivity index (χ3n) is 2.13. The maximum absolute atomic E-state index is 5.64. The molecule has 0 spiro atoms. The van der Waals surface area contributed by atoms with E-state index in [4.69, 9.17) is 16.2 Å². The first kappa shape index (κ1) is 14.4. The molecule has 0 fully saturated rings. The normalized spacial score (nSPS) is 17.6. The predicted molar refractivity (Wildman–Crippen MR) is 67.7 cm³/mol. The minimum absolute atomic E-state index is 0. The Morgan fingerprint density at radius 2 is 2.07 bits per heavy atom. The molecule has 0 radical (unpaired) electrons. The van der Waals surface area contributed by atoms with Gasteiger partial charge in [-0.2, -0.15) is 0 Å². The highest BCUT2D eigenvalue weighted by Gasteiger charge is 2.10. The Bertz CT molecular complexity index is 195. The Labute approximate surface area is 94.7 Å². The first-order valence-corrected chi connectivity index (χ1v) is 5.50. The van der Waals surface area contributed by atoms with Crippen LogP contribution in [0.15, 0.2) is 24.8 Å². The standard InChI is InChI=1S/C12H24N2O.H2/c1-4-12(15-9-5-8-13)10(2)6-7-11(3)14;/h4,6-7,10-12H,1,5,8-9,13-14H2,2-3H3;1H/b7-6+;. The van der Waals surface area contributed by atoms with Crippen molar-refractivity contribution in [3.63, 3.8) is 0 Å². The van der Waals surface area contributed by atoms with Gasteiger partial charge in [-0.25, -0.2) is 0 Å². The first-order valence-electron chi connectivity index (χ1n) is 5.50. The minimum atomic E-state index is 0. The summed E-state index contributed by atoms with van der Waals surface area (Å²) in [5.41, 5.74) is 11.0. The molecular weight excluding hydrogens is 188 g/mol. The SMILES string of the molecule is C=CC(OCCCN)C(C)/C=C/C(C)N.[HH]. The van der Waals surface area contributed by atoms with Gasteiger partial charge in [0, 0.05) is 20.0 Å². The average molecular weight is 214 g/mol. The molecule has 4 N–H and O–H groups in total. The Morgan fingerprint density at radius 1 is 1.40 bits per heavy atom. The van der Waals surface area contributed by atoms with Crippen LogP contribution in [-0.4, -0.2) is 25.3 Å². The number of hydrogen-bond donors (Lipinski definition) is 2. The van der Waals surface area contributed by atoms with Crippen LogP contribution < -0.4 is 11.5 Å². The van der Waals surface area contributed by atoms with Crippen molar-refractivity contribution in [1.29, 1.82) is 0 Å². The van der Waals surface area contributed by atoms with E-state index in [1.807, 2.05) is 19.1 Å². The van der Waals surface area contributed by atoms with Crippen LogP contribution in [0.25, 0.3) is 0 Å². The summed E-state index contributed by atoms with van der Waals surface area (Å²) in [6, 6.07) is 0.0851. The minimum Gasteiger partial charge on any atom is -0.374 e. The molecule has 0 bridgehead atoms. The lowest BCUT2D eigenvalue weighted by molar-refractivity contribution is 0.0623. The third-order valence-corrected chi connectivity index (χ3v) is 2.13. The second-order valence-electron chi connectivity index (χ2n) is 3.82. The molecule has 0 saturated heterocycles. The molecule has 3 atom stereocenters. The molecule has 0 heterocycles. The van der Waals surface area contributed by atoms with Gasteiger partial charge in [-0.05, 0) is 19.9 Å². The van der Waals surface area contributed by atoms with Gasteiger partial charge in [0.15, 0.2) is 0 Å². The van der Waals surface area contributed by atoms with E-state index in [0.29, 0.717) is 19.1 Å². The zero-order valence-corrected chi connectivity index (χ0v) is 9.86. The smallest absolute Gasteiger partial charge is 0.0813 e. The molecule has 0 aliphatic heterocycles. The van der Waals surface area contributed by atoms with E-state index < -0.39 is 0 Å². The van der Waals surface area contributed by atoms with Crippen molar-refractivity contribution < 1.29 is 6.16 Å². The lowest BCUT2D eigenvalue weighted by Gasteiger charge is -2.18. The van der Waals surface area contributed by atoms with Crippen LogP contribution in [0.3, 0.4) is 0 Å². The zero-order valence-electron chi connectivity index (χ0n) is 9.86. The van der Waals surface area contributed by atoms with Crippen molar-refractivity contribution in [3.05, 3.63) is 24.8 Å². The molecule has 0 rings (SSSR count). The quantitative estimate of drug-likeness (QED) is 0.477. The molecule has 0 aliphatic rings. The molecule has 0 aliphatic carbocycles. The van der Waals surface area contributed by atoms with E-state index in [2.05, 4.69) is 19.6 Å². The van der Waals surface area contributed by atoms with Crippen molar-refractivity contribution in [2.45, 2.75) is 32.4 Å². The second kappa shape index (κ2) is 8.65. The van der Waals surface area contributed by atoms with Gasteiger partial charge in [0.25, 0.3) is 0 Å². The molecule has 0 aromatic rings. The van der Waals surface area contributed by atoms with Gasteiger partial charge in [-0.15, -0.1) is 6.58 Å². The van der Waals surface area contributed by atoms with E-state index >= 15 is 0 Å². The van der Waals surface area contributed by atoms with Crippen LogP contribution >= 0.6 is 0 Å². The number of rotatable bonds is 8. The van der Waals surface area contributed by atoms with Crippen molar-refractivity contribution in [2.75, 3.05) is 13.2 Å². The van der Waals surface area contributed by atoms with E-state index in [0.717, 1.165) is 6.42 Å². The molecule has 0 aromatic heterocycles. The monoisotopic (exact) mass is 214 g/mol. The van der Waals surface area contributed by atoms with Gasteiger partial charge in [0.1, 0.15) is 0 Å². The van der Waals surface area contributed by atoms with Crippen molar-refractivity contribution in [2.24, 2.45) is 17.4 Å². The largest absolute Gasteiger partial charge is 0.374 e. The molecule has 3 nitrogen and oxygen atoms in total. The van der Waals surface area contributed by atoms with Crippen LogP contribution in [0.4, 0.5) is 0 Å². The van der Waals surface area contributed by atoms with Crippen molar-refractivity contribution in [3.8, 4) is 0 Å². The lowest BCUT2D eigenvalue weighted by Crippen LogP contribution is -2.20. The molecule has 3 heteroatoms. The fraction of sp³-hybridized carbons (Fsp3) is 0.667. The topological polar surface area (TPSA) is 61.3 Å². The first-order chi connectivity index (χ1) is 7.11. The van der Waals surface area contributed by atoms with Gasteiger partial charge in [0.05, 0.1) is 6.10 Å². The average Bonchev–Trinajstić information content (AvgIpc) is 2.21. The molecule has 15 heavy (non-hydrogen) atoms.